The molecule has 4 saturated heterocycles. The molecular weight excluding hydrogens is 329 g/mol. The molecule has 2 N–H and O–H groups in total. The lowest BCUT2D eigenvalue weighted by Gasteiger charge is -2.51. The van der Waals surface area contributed by atoms with E-state index in [-0.39, 0.29) is 5.82 Å². The van der Waals surface area contributed by atoms with E-state index < -0.39 is 0 Å². The molecule has 2 bridgehead atoms. The Morgan fingerprint density at radius 2 is 1.81 bits per heavy atom. The third kappa shape index (κ3) is 3.27. The molecule has 0 unspecified atom stereocenters. The van der Waals surface area contributed by atoms with Crippen molar-refractivity contribution in [3.63, 3.8) is 0 Å². The van der Waals surface area contributed by atoms with Gasteiger partial charge in [-0.1, -0.05) is 18.6 Å². The van der Waals surface area contributed by atoms with Crippen LogP contribution in [-0.2, 0) is 4.79 Å². The van der Waals surface area contributed by atoms with Crippen LogP contribution in [0.2, 0.25) is 0 Å². The van der Waals surface area contributed by atoms with Crippen LogP contribution in [-0.4, -0.2) is 54.0 Å². The van der Waals surface area contributed by atoms with Crippen LogP contribution < -0.4 is 5.73 Å². The van der Waals surface area contributed by atoms with Crippen molar-refractivity contribution >= 4 is 5.91 Å². The Bertz CT molecular complexity index is 627. The summed E-state index contributed by atoms with van der Waals surface area (Å²) < 4.78 is 13.4. The molecule has 0 radical (unpaired) electrons. The van der Waals surface area contributed by atoms with E-state index >= 15 is 0 Å². The van der Waals surface area contributed by atoms with E-state index in [0.717, 1.165) is 38.9 Å². The van der Waals surface area contributed by atoms with Gasteiger partial charge < -0.3 is 10.6 Å². The van der Waals surface area contributed by atoms with Gasteiger partial charge >= 0.3 is 0 Å². The van der Waals surface area contributed by atoms with Gasteiger partial charge in [0.15, 0.2) is 0 Å². The molecule has 0 aliphatic carbocycles. The number of unbranched alkanes of at least 4 members (excludes halogenated alkanes) is 2. The number of carbonyl (C=O) groups excluding carboxylic acids is 1. The van der Waals surface area contributed by atoms with Gasteiger partial charge in [-0.05, 0) is 68.9 Å². The van der Waals surface area contributed by atoms with Crippen molar-refractivity contribution in [3.8, 4) is 0 Å². The van der Waals surface area contributed by atoms with Crippen LogP contribution in [0.15, 0.2) is 24.3 Å². The molecule has 3 atom stereocenters. The predicted octanol–water partition coefficient (Wildman–Crippen LogP) is 2.73. The molecule has 4 heterocycles. The lowest BCUT2D eigenvalue weighted by atomic mass is 9.75. The molecule has 5 rings (SSSR count). The number of hydrogen-bond donors (Lipinski definition) is 1. The number of piperidine rings is 3. The van der Waals surface area contributed by atoms with Crippen molar-refractivity contribution in [1.29, 1.82) is 0 Å². The molecule has 0 spiro atoms. The maximum absolute atomic E-state index is 13.4. The zero-order valence-electron chi connectivity index (χ0n) is 15.4. The highest BCUT2D eigenvalue weighted by Crippen LogP contribution is 2.46. The Hall–Kier alpha value is -1.46. The van der Waals surface area contributed by atoms with E-state index in [4.69, 9.17) is 5.73 Å². The van der Waals surface area contributed by atoms with Crippen molar-refractivity contribution < 1.29 is 9.18 Å². The van der Waals surface area contributed by atoms with Gasteiger partial charge in [0.05, 0.1) is 6.04 Å². The zero-order chi connectivity index (χ0) is 18.1. The van der Waals surface area contributed by atoms with Gasteiger partial charge in [0, 0.05) is 24.9 Å². The number of rotatable bonds is 6. The number of nitrogens with zero attached hydrogens (tertiary/aromatic N) is 2. The third-order valence-corrected chi connectivity index (χ3v) is 6.71. The second-order valence-corrected chi connectivity index (χ2v) is 8.16. The lowest BCUT2D eigenvalue weighted by molar-refractivity contribution is -0.136. The summed E-state index contributed by atoms with van der Waals surface area (Å²) in [6.45, 7) is 3.76. The predicted molar refractivity (Wildman–Crippen MR) is 100 cm³/mol. The Labute approximate surface area is 155 Å². The average Bonchev–Trinajstić information content (AvgIpc) is 3.10. The van der Waals surface area contributed by atoms with E-state index in [1.54, 1.807) is 12.1 Å². The maximum Gasteiger partial charge on any atom is 0.222 e. The van der Waals surface area contributed by atoms with Gasteiger partial charge in [0.2, 0.25) is 5.91 Å². The van der Waals surface area contributed by atoms with Gasteiger partial charge in [-0.15, -0.1) is 0 Å². The van der Waals surface area contributed by atoms with Gasteiger partial charge in [0.25, 0.3) is 0 Å². The Kier molecular flexibility index (Phi) is 5.28. The highest BCUT2D eigenvalue weighted by atomic mass is 19.1. The monoisotopic (exact) mass is 359 g/mol. The molecule has 5 heteroatoms. The van der Waals surface area contributed by atoms with Gasteiger partial charge in [0.1, 0.15) is 5.82 Å². The summed E-state index contributed by atoms with van der Waals surface area (Å²) in [6, 6.07) is 7.68. The minimum absolute atomic E-state index is 0.193. The molecule has 4 fully saturated rings. The molecule has 4 nitrogen and oxygen atoms in total. The smallest absolute Gasteiger partial charge is 0.222 e. The largest absolute Gasteiger partial charge is 0.337 e. The SMILES string of the molecule is NCCCCCC(=O)N1C[C@H](c2ccc(F)cc2)[C@H]2[C@@H]1C1CCN2CC1. The summed E-state index contributed by atoms with van der Waals surface area (Å²) in [5.74, 6) is 1.04. The first-order chi connectivity index (χ1) is 12.7. The summed E-state index contributed by atoms with van der Waals surface area (Å²) >= 11 is 0. The molecule has 1 amide bonds. The second kappa shape index (κ2) is 7.65. The van der Waals surface area contributed by atoms with Crippen molar-refractivity contribution in [3.05, 3.63) is 35.6 Å². The fourth-order valence-electron chi connectivity index (χ4n) is 5.45. The Balaban J connectivity index is 1.54. The topological polar surface area (TPSA) is 49.6 Å². The summed E-state index contributed by atoms with van der Waals surface area (Å²) in [6.07, 6.45) is 5.99. The molecule has 0 aromatic heterocycles. The number of carbonyl (C=O) groups is 1. The second-order valence-electron chi connectivity index (χ2n) is 8.16. The van der Waals surface area contributed by atoms with Crippen LogP contribution in [0.4, 0.5) is 4.39 Å². The standard InChI is InChI=1S/C21H30FN3O/c22-17-7-5-15(6-8-17)18-14-25(19(26)4-2-1-3-11-23)20-16-9-12-24(13-10-16)21(18)20/h5-8,16,18,20-21H,1-4,9-14,23H2/t18-,20+,21+/m1/s1. The normalized spacial score (nSPS) is 32.7. The summed E-state index contributed by atoms with van der Waals surface area (Å²) in [4.78, 5) is 17.7. The highest BCUT2D eigenvalue weighted by Gasteiger charge is 2.54. The molecule has 26 heavy (non-hydrogen) atoms. The van der Waals surface area contributed by atoms with Crippen LogP contribution in [0.25, 0.3) is 0 Å². The summed E-state index contributed by atoms with van der Waals surface area (Å²) in [7, 11) is 0. The van der Waals surface area contributed by atoms with E-state index in [1.165, 1.54) is 18.4 Å². The first-order valence-corrected chi connectivity index (χ1v) is 10.2. The summed E-state index contributed by atoms with van der Waals surface area (Å²) in [5.41, 5.74) is 6.74. The quantitative estimate of drug-likeness (QED) is 0.795. The van der Waals surface area contributed by atoms with Crippen LogP contribution >= 0.6 is 0 Å². The van der Waals surface area contributed by atoms with Crippen LogP contribution in [0, 0.1) is 11.7 Å². The van der Waals surface area contributed by atoms with E-state index in [0.29, 0.717) is 42.8 Å². The van der Waals surface area contributed by atoms with Gasteiger partial charge in [-0.2, -0.15) is 0 Å². The molecule has 142 valence electrons. The molecule has 4 aliphatic heterocycles. The zero-order valence-corrected chi connectivity index (χ0v) is 15.4. The molecule has 1 aromatic carbocycles. The van der Waals surface area contributed by atoms with Crippen LogP contribution in [0.3, 0.4) is 0 Å². The van der Waals surface area contributed by atoms with Crippen molar-refractivity contribution in [2.45, 2.75) is 56.5 Å². The Morgan fingerprint density at radius 3 is 2.50 bits per heavy atom. The fourth-order valence-corrected chi connectivity index (χ4v) is 5.45. The molecule has 1 aromatic rings. The fraction of sp³-hybridized carbons (Fsp3) is 0.667. The Morgan fingerprint density at radius 1 is 1.08 bits per heavy atom. The van der Waals surface area contributed by atoms with Gasteiger partial charge in [-0.3, -0.25) is 9.69 Å². The minimum Gasteiger partial charge on any atom is -0.337 e. The number of benzene rings is 1. The first-order valence-electron chi connectivity index (χ1n) is 10.2. The van der Waals surface area contributed by atoms with Crippen molar-refractivity contribution in [2.24, 2.45) is 11.7 Å². The molecular formula is C21H30FN3O. The van der Waals surface area contributed by atoms with E-state index in [2.05, 4.69) is 9.80 Å². The van der Waals surface area contributed by atoms with Crippen molar-refractivity contribution in [1.82, 2.24) is 9.80 Å². The van der Waals surface area contributed by atoms with E-state index in [1.807, 2.05) is 12.1 Å². The average molecular weight is 359 g/mol. The summed E-state index contributed by atoms with van der Waals surface area (Å²) in [5, 5.41) is 0. The van der Waals surface area contributed by atoms with Crippen LogP contribution in [0.5, 0.6) is 0 Å². The number of nitrogens with two attached hydrogens (primary N) is 1. The molecule has 4 aliphatic rings. The van der Waals surface area contributed by atoms with Gasteiger partial charge in [-0.25, -0.2) is 4.39 Å². The van der Waals surface area contributed by atoms with Crippen LogP contribution in [0.1, 0.15) is 50.0 Å². The maximum atomic E-state index is 13.4. The number of amides is 1. The third-order valence-electron chi connectivity index (χ3n) is 6.71. The van der Waals surface area contributed by atoms with Crippen molar-refractivity contribution in [2.75, 3.05) is 26.2 Å². The van der Waals surface area contributed by atoms with E-state index in [9.17, 15) is 9.18 Å². The number of halogens is 1. The number of hydrogen-bond acceptors (Lipinski definition) is 3. The molecule has 0 saturated carbocycles. The highest BCUT2D eigenvalue weighted by molar-refractivity contribution is 5.77. The minimum atomic E-state index is -0.193. The lowest BCUT2D eigenvalue weighted by Crippen LogP contribution is -2.60. The number of fused-ring (bicyclic) bond motifs is 2. The first kappa shape index (κ1) is 17.9. The number of likely N-dealkylation sites (tertiary alicyclic amines) is 1.